The van der Waals surface area contributed by atoms with E-state index in [2.05, 4.69) is 15.5 Å². The van der Waals surface area contributed by atoms with E-state index in [-0.39, 0.29) is 11.7 Å². The van der Waals surface area contributed by atoms with Gasteiger partial charge in [-0.3, -0.25) is 4.79 Å². The number of rotatable bonds is 5. The lowest BCUT2D eigenvalue weighted by atomic mass is 10.2. The molecule has 6 nitrogen and oxygen atoms in total. The minimum absolute atomic E-state index is 0.207. The molecule has 0 fully saturated rings. The van der Waals surface area contributed by atoms with Gasteiger partial charge in [-0.1, -0.05) is 17.8 Å². The standard InChI is InChI=1S/C19H16FN5OS/c1-12(18(26)22-16-5-3-4-13(10-16)11-21)27-19-24-23-17(25(19)2)14-6-8-15(20)9-7-14/h3-10,12H,1-2H3,(H,22,26). The number of carbonyl (C=O) groups is 1. The summed E-state index contributed by atoms with van der Waals surface area (Å²) in [6.07, 6.45) is 0. The maximum absolute atomic E-state index is 13.1. The van der Waals surface area contributed by atoms with Crippen LogP contribution in [0.15, 0.2) is 53.7 Å². The molecule has 0 aliphatic heterocycles. The van der Waals surface area contributed by atoms with E-state index in [1.807, 2.05) is 6.07 Å². The molecule has 0 saturated heterocycles. The average Bonchev–Trinajstić information content (AvgIpc) is 3.03. The number of benzene rings is 2. The normalized spacial score (nSPS) is 11.6. The number of carbonyl (C=O) groups excluding carboxylic acids is 1. The molecule has 0 aliphatic carbocycles. The first-order chi connectivity index (χ1) is 13.0. The molecule has 0 spiro atoms. The van der Waals surface area contributed by atoms with E-state index in [4.69, 9.17) is 5.26 Å². The minimum atomic E-state index is -0.431. The molecule has 2 aromatic carbocycles. The highest BCUT2D eigenvalue weighted by molar-refractivity contribution is 8.00. The van der Waals surface area contributed by atoms with Gasteiger partial charge in [0, 0.05) is 18.3 Å². The van der Waals surface area contributed by atoms with Gasteiger partial charge in [0.1, 0.15) is 5.82 Å². The smallest absolute Gasteiger partial charge is 0.237 e. The third kappa shape index (κ3) is 4.33. The summed E-state index contributed by atoms with van der Waals surface area (Å²) >= 11 is 1.26. The summed E-state index contributed by atoms with van der Waals surface area (Å²) in [4.78, 5) is 12.4. The van der Waals surface area contributed by atoms with Crippen LogP contribution in [0, 0.1) is 17.1 Å². The first-order valence-corrected chi connectivity index (χ1v) is 8.99. The lowest BCUT2D eigenvalue weighted by Gasteiger charge is -2.12. The zero-order valence-corrected chi connectivity index (χ0v) is 15.5. The zero-order chi connectivity index (χ0) is 19.4. The Morgan fingerprint density at radius 3 is 2.70 bits per heavy atom. The van der Waals surface area contributed by atoms with Crippen LogP contribution in [0.5, 0.6) is 0 Å². The number of hydrogen-bond acceptors (Lipinski definition) is 5. The minimum Gasteiger partial charge on any atom is -0.325 e. The van der Waals surface area contributed by atoms with Crippen LogP contribution >= 0.6 is 11.8 Å². The number of thioether (sulfide) groups is 1. The summed E-state index contributed by atoms with van der Waals surface area (Å²) in [5.41, 5.74) is 1.78. The van der Waals surface area contributed by atoms with Crippen LogP contribution in [0.4, 0.5) is 10.1 Å². The molecule has 27 heavy (non-hydrogen) atoms. The Bertz CT molecular complexity index is 1010. The molecule has 1 N–H and O–H groups in total. The van der Waals surface area contributed by atoms with Gasteiger partial charge < -0.3 is 9.88 Å². The lowest BCUT2D eigenvalue weighted by Crippen LogP contribution is -2.22. The van der Waals surface area contributed by atoms with Crippen molar-refractivity contribution in [2.45, 2.75) is 17.3 Å². The van der Waals surface area contributed by atoms with Crippen LogP contribution in [-0.2, 0) is 11.8 Å². The van der Waals surface area contributed by atoms with Gasteiger partial charge in [0.05, 0.1) is 16.9 Å². The van der Waals surface area contributed by atoms with E-state index < -0.39 is 5.25 Å². The highest BCUT2D eigenvalue weighted by atomic mass is 32.2. The van der Waals surface area contributed by atoms with Crippen molar-refractivity contribution in [1.82, 2.24) is 14.8 Å². The van der Waals surface area contributed by atoms with Crippen molar-refractivity contribution in [3.63, 3.8) is 0 Å². The van der Waals surface area contributed by atoms with E-state index in [1.165, 1.54) is 23.9 Å². The number of nitrogens with zero attached hydrogens (tertiary/aromatic N) is 4. The van der Waals surface area contributed by atoms with Crippen molar-refractivity contribution in [1.29, 1.82) is 5.26 Å². The number of halogens is 1. The first kappa shape index (κ1) is 18.6. The fourth-order valence-corrected chi connectivity index (χ4v) is 3.20. The summed E-state index contributed by atoms with van der Waals surface area (Å²) in [5.74, 6) is 0.0644. The number of nitriles is 1. The van der Waals surface area contributed by atoms with E-state index in [1.54, 1.807) is 54.9 Å². The molecule has 3 aromatic rings. The van der Waals surface area contributed by atoms with E-state index >= 15 is 0 Å². The molecule has 3 rings (SSSR count). The Hall–Kier alpha value is -3.18. The Labute approximate surface area is 160 Å². The SMILES string of the molecule is CC(Sc1nnc(-c2ccc(F)cc2)n1C)C(=O)Nc1cccc(C#N)c1. The van der Waals surface area contributed by atoms with Crippen molar-refractivity contribution in [3.8, 4) is 17.5 Å². The summed E-state index contributed by atoms with van der Waals surface area (Å²) in [6.45, 7) is 1.76. The van der Waals surface area contributed by atoms with Gasteiger partial charge in [0.15, 0.2) is 11.0 Å². The second-order valence-electron chi connectivity index (χ2n) is 5.81. The topological polar surface area (TPSA) is 83.6 Å². The van der Waals surface area contributed by atoms with Crippen LogP contribution in [0.3, 0.4) is 0 Å². The molecule has 0 bridgehead atoms. The molecule has 136 valence electrons. The summed E-state index contributed by atoms with van der Waals surface area (Å²) in [5, 5.41) is 20.1. The molecule has 1 amide bonds. The van der Waals surface area contributed by atoms with E-state index in [9.17, 15) is 9.18 Å². The molecule has 1 atom stereocenters. The predicted octanol–water partition coefficient (Wildman–Crippen LogP) is 3.61. The van der Waals surface area contributed by atoms with Crippen molar-refractivity contribution >= 4 is 23.4 Å². The van der Waals surface area contributed by atoms with Crippen molar-refractivity contribution in [2.24, 2.45) is 7.05 Å². The molecule has 0 aliphatic rings. The number of amides is 1. The summed E-state index contributed by atoms with van der Waals surface area (Å²) in [6, 6.07) is 14.8. The first-order valence-electron chi connectivity index (χ1n) is 8.11. The summed E-state index contributed by atoms with van der Waals surface area (Å²) in [7, 11) is 1.79. The largest absolute Gasteiger partial charge is 0.325 e. The Balaban J connectivity index is 1.70. The fraction of sp³-hybridized carbons (Fsp3) is 0.158. The molecule has 0 radical (unpaired) electrons. The van der Waals surface area contributed by atoms with Gasteiger partial charge in [0.25, 0.3) is 0 Å². The Kier molecular flexibility index (Phi) is 5.52. The summed E-state index contributed by atoms with van der Waals surface area (Å²) < 4.78 is 14.8. The molecule has 1 unspecified atom stereocenters. The maximum Gasteiger partial charge on any atom is 0.237 e. The van der Waals surface area contributed by atoms with Gasteiger partial charge in [-0.05, 0) is 49.4 Å². The van der Waals surface area contributed by atoms with Crippen LogP contribution in [0.2, 0.25) is 0 Å². The van der Waals surface area contributed by atoms with Crippen LogP contribution < -0.4 is 5.32 Å². The highest BCUT2D eigenvalue weighted by Gasteiger charge is 2.19. The Morgan fingerprint density at radius 2 is 2.00 bits per heavy atom. The van der Waals surface area contributed by atoms with Gasteiger partial charge >= 0.3 is 0 Å². The monoisotopic (exact) mass is 381 g/mol. The lowest BCUT2D eigenvalue weighted by molar-refractivity contribution is -0.115. The second kappa shape index (κ2) is 8.01. The van der Waals surface area contributed by atoms with Crippen LogP contribution in [-0.4, -0.2) is 25.9 Å². The third-order valence-corrected chi connectivity index (χ3v) is 4.98. The van der Waals surface area contributed by atoms with Crippen LogP contribution in [0.25, 0.3) is 11.4 Å². The number of aromatic nitrogens is 3. The Morgan fingerprint density at radius 1 is 1.26 bits per heavy atom. The van der Waals surface area contributed by atoms with Crippen LogP contribution in [0.1, 0.15) is 12.5 Å². The molecular formula is C19H16FN5OS. The van der Waals surface area contributed by atoms with Gasteiger partial charge in [0.2, 0.25) is 5.91 Å². The van der Waals surface area contributed by atoms with Gasteiger partial charge in [-0.2, -0.15) is 5.26 Å². The quantitative estimate of drug-likeness (QED) is 0.683. The van der Waals surface area contributed by atoms with Gasteiger partial charge in [-0.25, -0.2) is 4.39 Å². The number of anilines is 1. The zero-order valence-electron chi connectivity index (χ0n) is 14.7. The molecular weight excluding hydrogens is 365 g/mol. The maximum atomic E-state index is 13.1. The highest BCUT2D eigenvalue weighted by Crippen LogP contribution is 2.26. The molecule has 1 heterocycles. The molecule has 0 saturated carbocycles. The number of nitrogens with one attached hydrogen (secondary N) is 1. The van der Waals surface area contributed by atoms with Crippen molar-refractivity contribution in [3.05, 3.63) is 59.9 Å². The van der Waals surface area contributed by atoms with E-state index in [0.29, 0.717) is 22.2 Å². The molecule has 8 heteroatoms. The van der Waals surface area contributed by atoms with Crippen molar-refractivity contribution < 1.29 is 9.18 Å². The second-order valence-corrected chi connectivity index (χ2v) is 7.12. The fourth-order valence-electron chi connectivity index (χ4n) is 2.39. The van der Waals surface area contributed by atoms with Gasteiger partial charge in [-0.15, -0.1) is 10.2 Å². The number of hydrogen-bond donors (Lipinski definition) is 1. The third-order valence-electron chi connectivity index (χ3n) is 3.85. The molecule has 1 aromatic heterocycles. The average molecular weight is 381 g/mol. The van der Waals surface area contributed by atoms with E-state index in [0.717, 1.165) is 5.56 Å². The predicted molar refractivity (Wildman–Crippen MR) is 102 cm³/mol. The van der Waals surface area contributed by atoms with Crippen molar-refractivity contribution in [2.75, 3.05) is 5.32 Å².